The van der Waals surface area contributed by atoms with Crippen molar-refractivity contribution in [2.24, 2.45) is 5.92 Å². The molecule has 2 rings (SSSR count). The summed E-state index contributed by atoms with van der Waals surface area (Å²) in [6.07, 6.45) is 1.93. The van der Waals surface area contributed by atoms with E-state index >= 15 is 0 Å². The van der Waals surface area contributed by atoms with Crippen molar-refractivity contribution in [3.8, 4) is 5.75 Å². The van der Waals surface area contributed by atoms with Gasteiger partial charge >= 0.3 is 12.0 Å². The Morgan fingerprint density at radius 3 is 2.80 bits per heavy atom. The number of amides is 2. The van der Waals surface area contributed by atoms with Crippen LogP contribution in [0.15, 0.2) is 34.9 Å². The van der Waals surface area contributed by atoms with Crippen LogP contribution in [0.5, 0.6) is 5.75 Å². The third-order valence-corrected chi connectivity index (χ3v) is 4.37. The lowest BCUT2D eigenvalue weighted by molar-refractivity contribution is -0.147. The Labute approximate surface area is 156 Å². The quantitative estimate of drug-likeness (QED) is 0.530. The number of rotatable bonds is 7. The van der Waals surface area contributed by atoms with Crippen molar-refractivity contribution in [3.63, 3.8) is 0 Å². The molecule has 1 aliphatic heterocycles. The highest BCUT2D eigenvalue weighted by Gasteiger charge is 2.40. The fraction of sp³-hybridized carbons (Fsp3) is 0.444. The molecule has 0 spiro atoms. The second-order valence-electron chi connectivity index (χ2n) is 5.72. The van der Waals surface area contributed by atoms with Crippen molar-refractivity contribution in [1.82, 2.24) is 10.6 Å². The van der Waals surface area contributed by atoms with Crippen molar-refractivity contribution in [1.29, 1.82) is 0 Å². The van der Waals surface area contributed by atoms with E-state index in [9.17, 15) is 9.59 Å². The molecule has 0 unspecified atom stereocenters. The van der Waals surface area contributed by atoms with E-state index in [-0.39, 0.29) is 6.61 Å². The molecule has 1 aromatic rings. The molecule has 2 N–H and O–H groups in total. The van der Waals surface area contributed by atoms with Gasteiger partial charge < -0.3 is 20.1 Å². The molecule has 1 aliphatic rings. The van der Waals surface area contributed by atoms with Gasteiger partial charge in [-0.05, 0) is 31.5 Å². The molecule has 1 saturated heterocycles. The van der Waals surface area contributed by atoms with E-state index < -0.39 is 24.0 Å². The van der Waals surface area contributed by atoms with E-state index in [1.807, 2.05) is 18.2 Å². The van der Waals surface area contributed by atoms with Crippen molar-refractivity contribution < 1.29 is 19.1 Å². The van der Waals surface area contributed by atoms with Gasteiger partial charge in [-0.25, -0.2) is 4.79 Å². The number of urea groups is 1. The number of nitrogens with one attached hydrogen (secondary N) is 2. The molecule has 0 aromatic heterocycles. The first-order valence-corrected chi connectivity index (χ1v) is 9.12. The van der Waals surface area contributed by atoms with Gasteiger partial charge in [-0.15, -0.1) is 0 Å². The summed E-state index contributed by atoms with van der Waals surface area (Å²) in [5.74, 6) is -0.545. The Bertz CT molecular complexity index is 662. The summed E-state index contributed by atoms with van der Waals surface area (Å²) in [5, 5.41) is 5.35. The molecule has 0 aliphatic carbocycles. The van der Waals surface area contributed by atoms with E-state index in [1.165, 1.54) is 0 Å². The van der Waals surface area contributed by atoms with Gasteiger partial charge in [-0.2, -0.15) is 0 Å². The van der Waals surface area contributed by atoms with Crippen molar-refractivity contribution in [2.75, 3.05) is 13.2 Å². The predicted molar refractivity (Wildman–Crippen MR) is 98.2 cm³/mol. The zero-order valence-corrected chi connectivity index (χ0v) is 16.0. The largest absolute Gasteiger partial charge is 0.493 e. The molecule has 7 heteroatoms. The number of unbranched alkanes of at least 4 members (excludes halogenated alkanes) is 1. The monoisotopic (exact) mass is 410 g/mol. The maximum Gasteiger partial charge on any atom is 0.319 e. The summed E-state index contributed by atoms with van der Waals surface area (Å²) in [4.78, 5) is 24.4. The van der Waals surface area contributed by atoms with Crippen LogP contribution in [-0.2, 0) is 9.53 Å². The molecule has 136 valence electrons. The van der Waals surface area contributed by atoms with Crippen molar-refractivity contribution >= 4 is 27.9 Å². The number of benzene rings is 1. The number of ether oxygens (including phenoxy) is 2. The summed E-state index contributed by atoms with van der Waals surface area (Å²) in [7, 11) is 0. The number of hydrogen-bond acceptors (Lipinski definition) is 4. The van der Waals surface area contributed by atoms with Gasteiger partial charge in [0.1, 0.15) is 11.7 Å². The maximum atomic E-state index is 12.4. The molecule has 1 fully saturated rings. The van der Waals surface area contributed by atoms with Gasteiger partial charge in [0.15, 0.2) is 0 Å². The summed E-state index contributed by atoms with van der Waals surface area (Å²) in [5.41, 5.74) is 1.02. The second kappa shape index (κ2) is 8.89. The minimum absolute atomic E-state index is 0.252. The summed E-state index contributed by atoms with van der Waals surface area (Å²) in [6, 6.07) is 4.51. The van der Waals surface area contributed by atoms with Crippen molar-refractivity contribution in [2.45, 2.75) is 32.7 Å². The first-order valence-electron chi connectivity index (χ1n) is 8.33. The standard InChI is InChI=1S/C18H23BrN2O4/c1-4-6-9-25-14-8-7-12(19)10-13(14)16-15(17(22)24-5-2)11(3)20-18(23)21-16/h7-8,10,15-16H,3-6,9H2,1-2H3,(H2,20,21,23)/t15-,16+/m0/s1. The molecule has 2 amide bonds. The Kier molecular flexibility index (Phi) is 6.87. The second-order valence-corrected chi connectivity index (χ2v) is 6.63. The number of esters is 1. The topological polar surface area (TPSA) is 76.7 Å². The normalized spacial score (nSPS) is 19.8. The molecule has 2 atom stereocenters. The van der Waals surface area contributed by atoms with Crippen LogP contribution in [0.4, 0.5) is 4.79 Å². The van der Waals surface area contributed by atoms with Gasteiger partial charge in [0.05, 0.1) is 19.3 Å². The lowest BCUT2D eigenvalue weighted by Gasteiger charge is -2.34. The average molecular weight is 411 g/mol. The highest BCUT2D eigenvalue weighted by atomic mass is 79.9. The van der Waals surface area contributed by atoms with Crippen LogP contribution in [0.2, 0.25) is 0 Å². The number of hydrogen-bond donors (Lipinski definition) is 2. The fourth-order valence-corrected chi connectivity index (χ4v) is 3.05. The van der Waals surface area contributed by atoms with E-state index in [0.717, 1.165) is 17.3 Å². The molecule has 0 saturated carbocycles. The highest BCUT2D eigenvalue weighted by Crippen LogP contribution is 2.37. The van der Waals surface area contributed by atoms with Gasteiger partial charge in [0, 0.05) is 15.7 Å². The van der Waals surface area contributed by atoms with Crippen LogP contribution < -0.4 is 15.4 Å². The van der Waals surface area contributed by atoms with Gasteiger partial charge in [0.25, 0.3) is 0 Å². The molecule has 6 nitrogen and oxygen atoms in total. The van der Waals surface area contributed by atoms with Crippen molar-refractivity contribution in [3.05, 3.63) is 40.5 Å². The molecular formula is C18H23BrN2O4. The molecular weight excluding hydrogens is 388 g/mol. The SMILES string of the molecule is C=C1NC(=O)N[C@H](c2cc(Br)ccc2OCCCC)[C@H]1C(=O)OCC. The lowest BCUT2D eigenvalue weighted by atomic mass is 9.88. The van der Waals surface area contributed by atoms with E-state index in [0.29, 0.717) is 23.6 Å². The zero-order chi connectivity index (χ0) is 18.4. The van der Waals surface area contributed by atoms with E-state index in [2.05, 4.69) is 40.1 Å². The highest BCUT2D eigenvalue weighted by molar-refractivity contribution is 9.10. The summed E-state index contributed by atoms with van der Waals surface area (Å²) >= 11 is 3.44. The first kappa shape index (κ1) is 19.3. The van der Waals surface area contributed by atoms with Crippen LogP contribution in [0.1, 0.15) is 38.3 Å². The van der Waals surface area contributed by atoms with Crippen LogP contribution in [0.3, 0.4) is 0 Å². The zero-order valence-electron chi connectivity index (χ0n) is 14.4. The van der Waals surface area contributed by atoms with Crippen LogP contribution in [0, 0.1) is 5.92 Å². The number of carbonyl (C=O) groups is 2. The van der Waals surface area contributed by atoms with Gasteiger partial charge in [-0.1, -0.05) is 35.9 Å². The molecule has 1 heterocycles. The lowest BCUT2D eigenvalue weighted by Crippen LogP contribution is -2.51. The minimum Gasteiger partial charge on any atom is -0.493 e. The van der Waals surface area contributed by atoms with E-state index in [1.54, 1.807) is 6.92 Å². The Morgan fingerprint density at radius 2 is 2.12 bits per heavy atom. The Morgan fingerprint density at radius 1 is 1.36 bits per heavy atom. The van der Waals surface area contributed by atoms with Gasteiger partial charge in [-0.3, -0.25) is 4.79 Å². The molecule has 0 radical (unpaired) electrons. The summed E-state index contributed by atoms with van der Waals surface area (Å²) in [6.45, 7) is 8.47. The number of carbonyl (C=O) groups excluding carboxylic acids is 2. The predicted octanol–water partition coefficient (Wildman–Crippen LogP) is 3.67. The third-order valence-electron chi connectivity index (χ3n) is 3.87. The molecule has 1 aromatic carbocycles. The minimum atomic E-state index is -0.736. The average Bonchev–Trinajstić information content (AvgIpc) is 2.55. The first-order chi connectivity index (χ1) is 12.0. The van der Waals surface area contributed by atoms with Gasteiger partial charge in [0.2, 0.25) is 0 Å². The number of halogens is 1. The Balaban J connectivity index is 2.40. The van der Waals surface area contributed by atoms with Crippen LogP contribution in [0.25, 0.3) is 0 Å². The van der Waals surface area contributed by atoms with E-state index in [4.69, 9.17) is 9.47 Å². The smallest absolute Gasteiger partial charge is 0.319 e. The van der Waals surface area contributed by atoms with Crippen LogP contribution >= 0.6 is 15.9 Å². The molecule has 0 bridgehead atoms. The van der Waals surface area contributed by atoms with Crippen LogP contribution in [-0.4, -0.2) is 25.2 Å². The Hall–Kier alpha value is -2.02. The third kappa shape index (κ3) is 4.75. The molecule has 25 heavy (non-hydrogen) atoms. The maximum absolute atomic E-state index is 12.4. The summed E-state index contributed by atoms with van der Waals surface area (Å²) < 4.78 is 11.9. The fourth-order valence-electron chi connectivity index (χ4n) is 2.67.